The van der Waals surface area contributed by atoms with Crippen molar-refractivity contribution in [3.05, 3.63) is 68.3 Å². The zero-order chi connectivity index (χ0) is 23.2. The average Bonchev–Trinajstić information content (AvgIpc) is 3.11. The van der Waals surface area contributed by atoms with E-state index in [0.29, 0.717) is 30.3 Å². The molecule has 1 aliphatic heterocycles. The third kappa shape index (κ3) is 3.79. The van der Waals surface area contributed by atoms with Gasteiger partial charge in [-0.3, -0.25) is 9.59 Å². The lowest BCUT2D eigenvalue weighted by Crippen LogP contribution is -2.38. The molecule has 0 aliphatic carbocycles. The van der Waals surface area contributed by atoms with Crippen molar-refractivity contribution >= 4 is 45.8 Å². The molecule has 1 amide bonds. The number of benzene rings is 2. The van der Waals surface area contributed by atoms with Crippen molar-refractivity contribution in [3.63, 3.8) is 0 Å². The van der Waals surface area contributed by atoms with Gasteiger partial charge in [0.2, 0.25) is 5.78 Å². The minimum atomic E-state index is -0.362. The van der Waals surface area contributed by atoms with Crippen molar-refractivity contribution < 1.29 is 9.59 Å². The van der Waals surface area contributed by atoms with E-state index in [4.69, 9.17) is 23.2 Å². The van der Waals surface area contributed by atoms with Crippen LogP contribution in [0.5, 0.6) is 0 Å². The lowest BCUT2D eigenvalue weighted by Gasteiger charge is -2.30. The molecule has 5 nitrogen and oxygen atoms in total. The number of rotatable bonds is 3. The molecule has 0 atom stereocenters. The fourth-order valence-electron chi connectivity index (χ4n) is 4.33. The summed E-state index contributed by atoms with van der Waals surface area (Å²) in [6.07, 6.45) is 1.89. The molecule has 3 aromatic rings. The van der Waals surface area contributed by atoms with E-state index in [-0.39, 0.29) is 32.9 Å². The number of likely N-dealkylation sites (tertiary alicyclic amines) is 1. The largest absolute Gasteiger partial charge is 0.341 e. The summed E-state index contributed by atoms with van der Waals surface area (Å²) >= 11 is 13.0. The maximum atomic E-state index is 13.6. The van der Waals surface area contributed by atoms with Gasteiger partial charge in [0.25, 0.3) is 5.91 Å². The van der Waals surface area contributed by atoms with E-state index in [2.05, 4.69) is 13.0 Å². The number of aromatic nitrogens is 1. The quantitative estimate of drug-likeness (QED) is 0.459. The number of carbonyl (C=O) groups is 2. The lowest BCUT2D eigenvalue weighted by atomic mass is 9.98. The van der Waals surface area contributed by atoms with Crippen molar-refractivity contribution in [2.24, 2.45) is 13.0 Å². The third-order valence-electron chi connectivity index (χ3n) is 6.35. The van der Waals surface area contributed by atoms with Gasteiger partial charge in [0, 0.05) is 31.0 Å². The number of halogens is 2. The lowest BCUT2D eigenvalue weighted by molar-refractivity contribution is 0.0697. The summed E-state index contributed by atoms with van der Waals surface area (Å²) in [6.45, 7) is 5.42. The van der Waals surface area contributed by atoms with Gasteiger partial charge in [0.05, 0.1) is 38.5 Å². The van der Waals surface area contributed by atoms with Gasteiger partial charge >= 0.3 is 0 Å². The number of hydrogen-bond donors (Lipinski definition) is 0. The van der Waals surface area contributed by atoms with Crippen molar-refractivity contribution in [1.82, 2.24) is 9.47 Å². The fourth-order valence-corrected chi connectivity index (χ4v) is 4.95. The summed E-state index contributed by atoms with van der Waals surface area (Å²) in [5.74, 6) is 0.0473. The number of nitrogens with zero attached hydrogens (tertiary/aromatic N) is 3. The van der Waals surface area contributed by atoms with Crippen LogP contribution in [0.25, 0.3) is 10.9 Å². The topological polar surface area (TPSA) is 66.1 Å². The first-order valence-electron chi connectivity index (χ1n) is 10.5. The van der Waals surface area contributed by atoms with E-state index in [0.717, 1.165) is 29.3 Å². The van der Waals surface area contributed by atoms with Gasteiger partial charge in [0.15, 0.2) is 0 Å². The number of ketones is 1. The number of hydrogen-bond acceptors (Lipinski definition) is 3. The number of fused-ring (bicyclic) bond motifs is 1. The highest BCUT2D eigenvalue weighted by molar-refractivity contribution is 6.42. The standard InChI is InChI=1S/C25H23Cl2N3O2/c1-14-6-8-30(9-7-14)25(32)17-4-5-19(26)22(23(17)27)24(31)21-12-18-15(2)10-16(13-28)11-20(18)29(21)3/h4-5,10-12,14H,6-9H2,1-3H3. The molecule has 164 valence electrons. The van der Waals surface area contributed by atoms with Gasteiger partial charge in [-0.15, -0.1) is 0 Å². The van der Waals surface area contributed by atoms with Gasteiger partial charge in [-0.25, -0.2) is 0 Å². The van der Waals surface area contributed by atoms with Crippen molar-refractivity contribution in [3.8, 4) is 6.07 Å². The number of piperidine rings is 1. The second kappa shape index (κ2) is 8.61. The summed E-state index contributed by atoms with van der Waals surface area (Å²) < 4.78 is 1.73. The molecule has 0 N–H and O–H groups in total. The Kier molecular flexibility index (Phi) is 6.03. The molecule has 1 aliphatic rings. The van der Waals surface area contributed by atoms with E-state index >= 15 is 0 Å². The summed E-state index contributed by atoms with van der Waals surface area (Å²) in [5.41, 5.74) is 2.98. The predicted molar refractivity (Wildman–Crippen MR) is 127 cm³/mol. The summed E-state index contributed by atoms with van der Waals surface area (Å²) in [6, 6.07) is 10.6. The van der Waals surface area contributed by atoms with Gasteiger partial charge in [-0.1, -0.05) is 30.1 Å². The van der Waals surface area contributed by atoms with E-state index in [1.54, 1.807) is 46.8 Å². The molecule has 0 unspecified atom stereocenters. The van der Waals surface area contributed by atoms with Gasteiger partial charge < -0.3 is 9.47 Å². The highest BCUT2D eigenvalue weighted by Crippen LogP contribution is 2.33. The van der Waals surface area contributed by atoms with E-state index < -0.39 is 0 Å². The van der Waals surface area contributed by atoms with Crippen molar-refractivity contribution in [1.29, 1.82) is 5.26 Å². The third-order valence-corrected chi connectivity index (χ3v) is 7.06. The number of amides is 1. The zero-order valence-electron chi connectivity index (χ0n) is 18.2. The second-order valence-corrected chi connectivity index (χ2v) is 9.30. The molecule has 0 radical (unpaired) electrons. The van der Waals surface area contributed by atoms with Crippen LogP contribution in [0, 0.1) is 24.2 Å². The maximum Gasteiger partial charge on any atom is 0.255 e. The Balaban J connectivity index is 1.77. The number of nitriles is 1. The molecule has 2 heterocycles. The molecule has 1 aromatic heterocycles. The van der Waals surface area contributed by atoms with Crippen LogP contribution in [-0.2, 0) is 7.05 Å². The smallest absolute Gasteiger partial charge is 0.255 e. The first-order chi connectivity index (χ1) is 15.2. The molecule has 0 spiro atoms. The predicted octanol–water partition coefficient (Wildman–Crippen LogP) is 5.77. The Morgan fingerprint density at radius 1 is 1.12 bits per heavy atom. The molecule has 7 heteroatoms. The Labute approximate surface area is 197 Å². The highest BCUT2D eigenvalue weighted by atomic mass is 35.5. The Morgan fingerprint density at radius 3 is 2.47 bits per heavy atom. The molecular formula is C25H23Cl2N3O2. The Morgan fingerprint density at radius 2 is 1.81 bits per heavy atom. The monoisotopic (exact) mass is 467 g/mol. The highest BCUT2D eigenvalue weighted by Gasteiger charge is 2.28. The van der Waals surface area contributed by atoms with Crippen molar-refractivity contribution in [2.45, 2.75) is 26.7 Å². The summed E-state index contributed by atoms with van der Waals surface area (Å²) in [4.78, 5) is 28.5. The van der Waals surface area contributed by atoms with Crippen LogP contribution < -0.4 is 0 Å². The fraction of sp³-hybridized carbons (Fsp3) is 0.320. The van der Waals surface area contributed by atoms with Gasteiger partial charge in [-0.2, -0.15) is 5.26 Å². The minimum absolute atomic E-state index is 0.0748. The maximum absolute atomic E-state index is 13.6. The van der Waals surface area contributed by atoms with E-state index in [9.17, 15) is 14.9 Å². The van der Waals surface area contributed by atoms with Gasteiger partial charge in [-0.05, 0) is 61.6 Å². The van der Waals surface area contributed by atoms with Crippen LogP contribution in [-0.4, -0.2) is 34.2 Å². The molecule has 0 saturated carbocycles. The Hall–Kier alpha value is -2.81. The molecule has 4 rings (SSSR count). The van der Waals surface area contributed by atoms with E-state index in [1.807, 2.05) is 6.92 Å². The van der Waals surface area contributed by atoms with Crippen LogP contribution in [0.2, 0.25) is 10.0 Å². The van der Waals surface area contributed by atoms with E-state index in [1.165, 1.54) is 0 Å². The molecular weight excluding hydrogens is 445 g/mol. The van der Waals surface area contributed by atoms with Crippen LogP contribution in [0.3, 0.4) is 0 Å². The van der Waals surface area contributed by atoms with Crippen LogP contribution in [0.15, 0.2) is 30.3 Å². The minimum Gasteiger partial charge on any atom is -0.341 e. The summed E-state index contributed by atoms with van der Waals surface area (Å²) in [7, 11) is 1.77. The molecule has 32 heavy (non-hydrogen) atoms. The van der Waals surface area contributed by atoms with Crippen molar-refractivity contribution in [2.75, 3.05) is 13.1 Å². The van der Waals surface area contributed by atoms with Crippen LogP contribution in [0.4, 0.5) is 0 Å². The second-order valence-electron chi connectivity index (χ2n) is 8.51. The molecule has 1 saturated heterocycles. The first-order valence-corrected chi connectivity index (χ1v) is 11.3. The molecule has 1 fully saturated rings. The normalized spacial score (nSPS) is 14.6. The Bertz CT molecular complexity index is 1290. The number of carbonyl (C=O) groups excluding carboxylic acids is 2. The van der Waals surface area contributed by atoms with Crippen LogP contribution in [0.1, 0.15) is 57.3 Å². The number of aryl methyl sites for hydroxylation is 2. The molecule has 0 bridgehead atoms. The SMILES string of the molecule is Cc1cc(C#N)cc2c1cc(C(=O)c1c(Cl)ccc(C(=O)N3CCC(C)CC3)c1Cl)n2C. The first kappa shape index (κ1) is 22.4. The average molecular weight is 468 g/mol. The van der Waals surface area contributed by atoms with Crippen LogP contribution >= 0.6 is 23.2 Å². The zero-order valence-corrected chi connectivity index (χ0v) is 19.7. The van der Waals surface area contributed by atoms with Gasteiger partial charge in [0.1, 0.15) is 0 Å². The summed E-state index contributed by atoms with van der Waals surface area (Å²) in [5, 5.41) is 10.4. The molecule has 2 aromatic carbocycles.